The molecule has 0 aliphatic carbocycles. The molecule has 9 heteroatoms. The number of nitrogens with two attached hydrogens (primary N) is 2. The Balaban J connectivity index is 2.43. The lowest BCUT2D eigenvalue weighted by molar-refractivity contribution is -0.121. The first kappa shape index (κ1) is 20.4. The van der Waals surface area contributed by atoms with E-state index in [9.17, 15) is 14.4 Å². The second-order valence-corrected chi connectivity index (χ2v) is 7.89. The van der Waals surface area contributed by atoms with Crippen LogP contribution < -0.4 is 21.7 Å². The van der Waals surface area contributed by atoms with Crippen molar-refractivity contribution in [1.82, 2.24) is 9.69 Å². The van der Waals surface area contributed by atoms with E-state index in [4.69, 9.17) is 11.5 Å². The molecule has 0 unspecified atom stereocenters. The second-order valence-electron chi connectivity index (χ2n) is 7.11. The highest BCUT2D eigenvalue weighted by molar-refractivity contribution is 7.09. The third-order valence-electron chi connectivity index (χ3n) is 3.62. The highest BCUT2D eigenvalue weighted by Gasteiger charge is 2.28. The second kappa shape index (κ2) is 7.75. The molecule has 2 rings (SSSR count). The minimum atomic E-state index is -0.810. The molecule has 144 valence electrons. The Morgan fingerprint density at radius 3 is 2.37 bits per heavy atom. The van der Waals surface area contributed by atoms with Crippen LogP contribution in [0, 0.1) is 6.92 Å². The first-order chi connectivity index (χ1) is 12.5. The molecule has 5 N–H and O–H groups in total. The van der Waals surface area contributed by atoms with E-state index in [2.05, 4.69) is 9.69 Å². The predicted molar refractivity (Wildman–Crippen MR) is 106 cm³/mol. The molecule has 8 nitrogen and oxygen atoms in total. The summed E-state index contributed by atoms with van der Waals surface area (Å²) in [6.07, 6.45) is 0. The molecule has 1 heterocycles. The number of anilines is 2. The molecule has 1 aromatic carbocycles. The van der Waals surface area contributed by atoms with Crippen LogP contribution in [-0.2, 0) is 4.79 Å². The molecule has 2 aromatic rings. The topological polar surface area (TPSA) is 131 Å². The van der Waals surface area contributed by atoms with Crippen molar-refractivity contribution in [3.63, 3.8) is 0 Å². The maximum Gasteiger partial charge on any atom is 0.272 e. The van der Waals surface area contributed by atoms with E-state index in [1.54, 1.807) is 12.1 Å². The summed E-state index contributed by atoms with van der Waals surface area (Å²) in [5.74, 6) is -1.65. The van der Waals surface area contributed by atoms with Crippen molar-refractivity contribution in [1.29, 1.82) is 0 Å². The van der Waals surface area contributed by atoms with Gasteiger partial charge in [-0.15, -0.1) is 0 Å². The van der Waals surface area contributed by atoms with E-state index in [1.807, 2.05) is 39.8 Å². The zero-order valence-electron chi connectivity index (χ0n) is 15.7. The van der Waals surface area contributed by atoms with E-state index in [-0.39, 0.29) is 28.7 Å². The molecule has 0 radical (unpaired) electrons. The molecule has 0 aliphatic rings. The molecule has 27 heavy (non-hydrogen) atoms. The largest absolute Gasteiger partial charge is 0.395 e. The number of rotatable bonds is 5. The molecule has 0 bridgehead atoms. The van der Waals surface area contributed by atoms with Crippen LogP contribution in [0.15, 0.2) is 24.3 Å². The quantitative estimate of drug-likeness (QED) is 0.716. The highest BCUT2D eigenvalue weighted by Crippen LogP contribution is 2.27. The number of nitrogens with zero attached hydrogens (tertiary/aromatic N) is 2. The van der Waals surface area contributed by atoms with E-state index >= 15 is 0 Å². The number of aromatic nitrogens is 1. The number of nitrogen functional groups attached to an aromatic ring is 1. The van der Waals surface area contributed by atoms with Crippen LogP contribution >= 0.6 is 11.5 Å². The summed E-state index contributed by atoms with van der Waals surface area (Å²) >= 11 is 0.783. The standard InChI is InChI=1S/C18H23N5O3S/c1-10-7-5-6-8-11(10)23(9-12(24)21-18(2,3)4)17(26)15-13(19)14(16(20)25)22-27-15/h5-8H,9,19H2,1-4H3,(H2,20,25)(H,21,24). The van der Waals surface area contributed by atoms with Crippen LogP contribution in [0.5, 0.6) is 0 Å². The first-order valence-electron chi connectivity index (χ1n) is 8.24. The fourth-order valence-electron chi connectivity index (χ4n) is 2.49. The van der Waals surface area contributed by atoms with Crippen molar-refractivity contribution in [2.75, 3.05) is 17.2 Å². The van der Waals surface area contributed by atoms with E-state index in [0.717, 1.165) is 17.1 Å². The predicted octanol–water partition coefficient (Wildman–Crippen LogP) is 1.69. The van der Waals surface area contributed by atoms with Gasteiger partial charge in [-0.3, -0.25) is 19.3 Å². The minimum Gasteiger partial charge on any atom is -0.395 e. The van der Waals surface area contributed by atoms with Crippen molar-refractivity contribution >= 4 is 40.6 Å². The Hall–Kier alpha value is -2.94. The van der Waals surface area contributed by atoms with Gasteiger partial charge in [0.05, 0.1) is 5.69 Å². The van der Waals surface area contributed by atoms with Crippen LogP contribution in [0.3, 0.4) is 0 Å². The number of nitrogens with one attached hydrogen (secondary N) is 1. The lowest BCUT2D eigenvalue weighted by Gasteiger charge is -2.26. The zero-order valence-corrected chi connectivity index (χ0v) is 16.5. The Morgan fingerprint density at radius 1 is 1.22 bits per heavy atom. The maximum atomic E-state index is 13.1. The summed E-state index contributed by atoms with van der Waals surface area (Å²) in [5.41, 5.74) is 11.8. The Bertz CT molecular complexity index is 885. The molecular formula is C18H23N5O3S. The van der Waals surface area contributed by atoms with Gasteiger partial charge in [0.25, 0.3) is 11.8 Å². The van der Waals surface area contributed by atoms with Gasteiger partial charge in [-0.1, -0.05) is 18.2 Å². The van der Waals surface area contributed by atoms with Gasteiger partial charge in [-0.2, -0.15) is 4.37 Å². The normalized spacial score (nSPS) is 11.1. The van der Waals surface area contributed by atoms with Gasteiger partial charge in [0.15, 0.2) is 5.69 Å². The van der Waals surface area contributed by atoms with E-state index in [1.165, 1.54) is 4.90 Å². The molecule has 0 spiro atoms. The molecule has 0 saturated heterocycles. The zero-order chi connectivity index (χ0) is 20.4. The number of carbonyl (C=O) groups excluding carboxylic acids is 3. The third kappa shape index (κ3) is 4.82. The summed E-state index contributed by atoms with van der Waals surface area (Å²) in [6, 6.07) is 7.18. The summed E-state index contributed by atoms with van der Waals surface area (Å²) in [4.78, 5) is 38.4. The summed E-state index contributed by atoms with van der Waals surface area (Å²) in [5, 5.41) is 2.83. The molecule has 0 aliphatic heterocycles. The molecular weight excluding hydrogens is 366 g/mol. The average molecular weight is 389 g/mol. The van der Waals surface area contributed by atoms with Crippen molar-refractivity contribution in [3.8, 4) is 0 Å². The number of hydrogen-bond acceptors (Lipinski definition) is 6. The van der Waals surface area contributed by atoms with Crippen molar-refractivity contribution in [2.24, 2.45) is 5.73 Å². The van der Waals surface area contributed by atoms with Gasteiger partial charge < -0.3 is 16.8 Å². The van der Waals surface area contributed by atoms with Crippen LogP contribution in [-0.4, -0.2) is 34.2 Å². The number of hydrogen-bond donors (Lipinski definition) is 3. The molecule has 0 saturated carbocycles. The van der Waals surface area contributed by atoms with Crippen molar-refractivity contribution in [2.45, 2.75) is 33.2 Å². The summed E-state index contributed by atoms with van der Waals surface area (Å²) in [7, 11) is 0. The van der Waals surface area contributed by atoms with Crippen LogP contribution in [0.1, 0.15) is 46.5 Å². The molecule has 0 atom stereocenters. The number of benzene rings is 1. The van der Waals surface area contributed by atoms with Crippen LogP contribution in [0.4, 0.5) is 11.4 Å². The van der Waals surface area contributed by atoms with Gasteiger partial charge in [0.1, 0.15) is 11.4 Å². The monoisotopic (exact) mass is 389 g/mol. The summed E-state index contributed by atoms with van der Waals surface area (Å²) in [6.45, 7) is 7.19. The Labute approximate surface area is 161 Å². The average Bonchev–Trinajstić information content (AvgIpc) is 2.93. The SMILES string of the molecule is Cc1ccccc1N(CC(=O)NC(C)(C)C)C(=O)c1snc(C(N)=O)c1N. The fourth-order valence-corrected chi connectivity index (χ4v) is 3.24. The van der Waals surface area contributed by atoms with Crippen LogP contribution in [0.25, 0.3) is 0 Å². The Kier molecular flexibility index (Phi) is 5.85. The van der Waals surface area contributed by atoms with Gasteiger partial charge >= 0.3 is 0 Å². The lowest BCUT2D eigenvalue weighted by Crippen LogP contribution is -2.47. The van der Waals surface area contributed by atoms with Gasteiger partial charge in [-0.05, 0) is 50.9 Å². The van der Waals surface area contributed by atoms with Gasteiger partial charge in [0.2, 0.25) is 5.91 Å². The number of aryl methyl sites for hydroxylation is 1. The maximum absolute atomic E-state index is 13.1. The first-order valence-corrected chi connectivity index (χ1v) is 9.02. The number of carbonyl (C=O) groups is 3. The van der Waals surface area contributed by atoms with E-state index in [0.29, 0.717) is 5.69 Å². The molecule has 1 aromatic heterocycles. The van der Waals surface area contributed by atoms with Crippen molar-refractivity contribution in [3.05, 3.63) is 40.4 Å². The van der Waals surface area contributed by atoms with E-state index < -0.39 is 17.4 Å². The number of para-hydroxylation sites is 1. The highest BCUT2D eigenvalue weighted by atomic mass is 32.1. The van der Waals surface area contributed by atoms with Crippen molar-refractivity contribution < 1.29 is 14.4 Å². The molecule has 0 fully saturated rings. The summed E-state index contributed by atoms with van der Waals surface area (Å²) < 4.78 is 3.87. The number of amides is 3. The number of primary amides is 1. The lowest BCUT2D eigenvalue weighted by atomic mass is 10.1. The molecule has 3 amide bonds. The van der Waals surface area contributed by atoms with Gasteiger partial charge in [-0.25, -0.2) is 0 Å². The fraction of sp³-hybridized carbons (Fsp3) is 0.333. The third-order valence-corrected chi connectivity index (χ3v) is 4.47. The smallest absolute Gasteiger partial charge is 0.272 e. The van der Waals surface area contributed by atoms with Gasteiger partial charge in [0, 0.05) is 11.2 Å². The van der Waals surface area contributed by atoms with Crippen LogP contribution in [0.2, 0.25) is 0 Å². The minimum absolute atomic E-state index is 0.0654. The Morgan fingerprint density at radius 2 is 1.85 bits per heavy atom.